The molecule has 1 aromatic carbocycles. The van der Waals surface area contributed by atoms with E-state index in [0.717, 1.165) is 6.07 Å². The number of esters is 1. The van der Waals surface area contributed by atoms with E-state index in [4.69, 9.17) is 0 Å². The maximum Gasteiger partial charge on any atom is 0.417 e. The Kier molecular flexibility index (Phi) is 4.83. The summed E-state index contributed by atoms with van der Waals surface area (Å²) in [6, 6.07) is 6.86. The predicted molar refractivity (Wildman–Crippen MR) is 80.3 cm³/mol. The minimum absolute atomic E-state index is 0.0419. The van der Waals surface area contributed by atoms with Gasteiger partial charge in [0.2, 0.25) is 0 Å². The summed E-state index contributed by atoms with van der Waals surface area (Å²) in [5.74, 6) is -0.538. The fraction of sp³-hybridized carbons (Fsp3) is 0.176. The standard InChI is InChI=1S/C17H14F3NO2/c1-11(7-16(22)23-2)12-8-13(10-21-9-12)14-5-3-4-6-15(14)17(18,19)20/h3-10H,1-2H3/b11-7+. The van der Waals surface area contributed by atoms with Crippen LogP contribution in [0.15, 0.2) is 48.8 Å². The molecule has 6 heteroatoms. The first-order valence-electron chi connectivity index (χ1n) is 6.71. The van der Waals surface area contributed by atoms with E-state index < -0.39 is 17.7 Å². The molecule has 0 aliphatic heterocycles. The van der Waals surface area contributed by atoms with Crippen LogP contribution in [0.25, 0.3) is 16.7 Å². The highest BCUT2D eigenvalue weighted by atomic mass is 19.4. The third-order valence-electron chi connectivity index (χ3n) is 3.27. The highest BCUT2D eigenvalue weighted by molar-refractivity contribution is 5.91. The van der Waals surface area contributed by atoms with Crippen molar-refractivity contribution in [3.63, 3.8) is 0 Å². The summed E-state index contributed by atoms with van der Waals surface area (Å²) in [6.45, 7) is 1.66. The van der Waals surface area contributed by atoms with E-state index in [9.17, 15) is 18.0 Å². The van der Waals surface area contributed by atoms with Crippen molar-refractivity contribution >= 4 is 11.5 Å². The Balaban J connectivity index is 2.50. The SMILES string of the molecule is COC(=O)/C=C(\C)c1cncc(-c2ccccc2C(F)(F)F)c1. The molecule has 0 amide bonds. The van der Waals surface area contributed by atoms with Gasteiger partial charge in [-0.3, -0.25) is 4.98 Å². The van der Waals surface area contributed by atoms with Crippen LogP contribution in [0.4, 0.5) is 13.2 Å². The van der Waals surface area contributed by atoms with Crippen molar-refractivity contribution in [2.75, 3.05) is 7.11 Å². The Bertz CT molecular complexity index is 751. The summed E-state index contributed by atoms with van der Waals surface area (Å²) in [4.78, 5) is 15.2. The van der Waals surface area contributed by atoms with E-state index in [1.165, 1.54) is 43.8 Å². The summed E-state index contributed by atoms with van der Waals surface area (Å²) >= 11 is 0. The van der Waals surface area contributed by atoms with E-state index in [1.54, 1.807) is 13.0 Å². The number of carbonyl (C=O) groups excluding carboxylic acids is 1. The fourth-order valence-electron chi connectivity index (χ4n) is 2.10. The zero-order chi connectivity index (χ0) is 17.0. The van der Waals surface area contributed by atoms with Crippen LogP contribution in [-0.2, 0) is 15.7 Å². The van der Waals surface area contributed by atoms with Crippen LogP contribution in [0.3, 0.4) is 0 Å². The van der Waals surface area contributed by atoms with Gasteiger partial charge in [0, 0.05) is 24.0 Å². The number of hydrogen-bond acceptors (Lipinski definition) is 3. The van der Waals surface area contributed by atoms with Crippen molar-refractivity contribution in [2.24, 2.45) is 0 Å². The van der Waals surface area contributed by atoms with Gasteiger partial charge < -0.3 is 4.74 Å². The predicted octanol–water partition coefficient (Wildman–Crippen LogP) is 4.34. The molecule has 1 heterocycles. The second-order valence-corrected chi connectivity index (χ2v) is 4.86. The van der Waals surface area contributed by atoms with Crippen LogP contribution >= 0.6 is 0 Å². The zero-order valence-corrected chi connectivity index (χ0v) is 12.5. The molecule has 0 saturated heterocycles. The van der Waals surface area contributed by atoms with Gasteiger partial charge in [0.05, 0.1) is 12.7 Å². The summed E-state index contributed by atoms with van der Waals surface area (Å²) in [5.41, 5.74) is 0.738. The van der Waals surface area contributed by atoms with Crippen LogP contribution in [0.5, 0.6) is 0 Å². The quantitative estimate of drug-likeness (QED) is 0.623. The number of allylic oxidation sites excluding steroid dienone is 1. The van der Waals surface area contributed by atoms with Gasteiger partial charge in [0.15, 0.2) is 0 Å². The molecule has 0 spiro atoms. The van der Waals surface area contributed by atoms with Crippen molar-refractivity contribution in [3.05, 3.63) is 59.9 Å². The van der Waals surface area contributed by atoms with Crippen LogP contribution in [0, 0.1) is 0 Å². The van der Waals surface area contributed by atoms with E-state index >= 15 is 0 Å². The first-order chi connectivity index (χ1) is 10.8. The Hall–Kier alpha value is -2.63. The van der Waals surface area contributed by atoms with Gasteiger partial charge in [-0.05, 0) is 35.8 Å². The van der Waals surface area contributed by atoms with Gasteiger partial charge in [0.1, 0.15) is 0 Å². The van der Waals surface area contributed by atoms with Crippen molar-refractivity contribution < 1.29 is 22.7 Å². The highest BCUT2D eigenvalue weighted by Crippen LogP contribution is 2.37. The Labute approximate surface area is 131 Å². The van der Waals surface area contributed by atoms with Crippen LogP contribution in [0.1, 0.15) is 18.1 Å². The molecular weight excluding hydrogens is 307 g/mol. The Morgan fingerprint density at radius 2 is 1.91 bits per heavy atom. The first kappa shape index (κ1) is 16.7. The number of carbonyl (C=O) groups is 1. The molecule has 3 nitrogen and oxygen atoms in total. The molecule has 23 heavy (non-hydrogen) atoms. The lowest BCUT2D eigenvalue weighted by Gasteiger charge is -2.13. The molecule has 2 rings (SSSR count). The van der Waals surface area contributed by atoms with E-state index in [0.29, 0.717) is 16.7 Å². The van der Waals surface area contributed by atoms with Crippen LogP contribution in [0.2, 0.25) is 0 Å². The number of ether oxygens (including phenoxy) is 1. The number of benzene rings is 1. The van der Waals surface area contributed by atoms with E-state index in [2.05, 4.69) is 9.72 Å². The van der Waals surface area contributed by atoms with Gasteiger partial charge in [-0.1, -0.05) is 18.2 Å². The number of halogens is 3. The molecule has 120 valence electrons. The molecule has 0 saturated carbocycles. The summed E-state index contributed by atoms with van der Waals surface area (Å²) in [5, 5.41) is 0. The summed E-state index contributed by atoms with van der Waals surface area (Å²) < 4.78 is 43.9. The number of methoxy groups -OCH3 is 1. The fourth-order valence-corrected chi connectivity index (χ4v) is 2.10. The zero-order valence-electron chi connectivity index (χ0n) is 12.5. The second-order valence-electron chi connectivity index (χ2n) is 4.86. The molecule has 0 radical (unpaired) electrons. The van der Waals surface area contributed by atoms with E-state index in [-0.39, 0.29) is 5.56 Å². The van der Waals surface area contributed by atoms with Crippen molar-refractivity contribution in [2.45, 2.75) is 13.1 Å². The van der Waals surface area contributed by atoms with E-state index in [1.807, 2.05) is 0 Å². The van der Waals surface area contributed by atoms with Gasteiger partial charge in [-0.15, -0.1) is 0 Å². The Morgan fingerprint density at radius 3 is 2.57 bits per heavy atom. The topological polar surface area (TPSA) is 39.2 Å². The first-order valence-corrected chi connectivity index (χ1v) is 6.71. The smallest absolute Gasteiger partial charge is 0.417 e. The third kappa shape index (κ3) is 3.97. The molecule has 2 aromatic rings. The van der Waals surface area contributed by atoms with Crippen LogP contribution < -0.4 is 0 Å². The number of pyridine rings is 1. The molecule has 0 N–H and O–H groups in total. The molecular formula is C17H14F3NO2. The summed E-state index contributed by atoms with van der Waals surface area (Å²) in [7, 11) is 1.25. The maximum absolute atomic E-state index is 13.1. The lowest BCUT2D eigenvalue weighted by atomic mass is 9.98. The average molecular weight is 321 g/mol. The molecule has 0 fully saturated rings. The van der Waals surface area contributed by atoms with Crippen molar-refractivity contribution in [1.82, 2.24) is 4.98 Å². The average Bonchev–Trinajstić information content (AvgIpc) is 2.54. The van der Waals surface area contributed by atoms with Crippen molar-refractivity contribution in [1.29, 1.82) is 0 Å². The minimum atomic E-state index is -4.45. The number of nitrogens with zero attached hydrogens (tertiary/aromatic N) is 1. The molecule has 0 aliphatic carbocycles. The number of alkyl halides is 3. The number of hydrogen-bond donors (Lipinski definition) is 0. The highest BCUT2D eigenvalue weighted by Gasteiger charge is 2.33. The molecule has 0 unspecified atom stereocenters. The number of aromatic nitrogens is 1. The van der Waals surface area contributed by atoms with Crippen LogP contribution in [-0.4, -0.2) is 18.1 Å². The normalized spacial score (nSPS) is 12.1. The molecule has 1 aromatic heterocycles. The summed E-state index contributed by atoms with van der Waals surface area (Å²) in [6.07, 6.45) is -0.353. The van der Waals surface area contributed by atoms with Crippen molar-refractivity contribution in [3.8, 4) is 11.1 Å². The Morgan fingerprint density at radius 1 is 1.22 bits per heavy atom. The number of rotatable bonds is 3. The molecule has 0 aliphatic rings. The monoisotopic (exact) mass is 321 g/mol. The third-order valence-corrected chi connectivity index (χ3v) is 3.27. The molecule has 0 bridgehead atoms. The second kappa shape index (κ2) is 6.64. The lowest BCUT2D eigenvalue weighted by molar-refractivity contribution is -0.137. The van der Waals surface area contributed by atoms with Gasteiger partial charge in [0.25, 0.3) is 0 Å². The maximum atomic E-state index is 13.1. The molecule has 0 atom stereocenters. The van der Waals surface area contributed by atoms with Gasteiger partial charge in [-0.2, -0.15) is 13.2 Å². The van der Waals surface area contributed by atoms with Gasteiger partial charge in [-0.25, -0.2) is 4.79 Å². The lowest BCUT2D eigenvalue weighted by Crippen LogP contribution is -2.07. The van der Waals surface area contributed by atoms with Gasteiger partial charge >= 0.3 is 12.1 Å². The minimum Gasteiger partial charge on any atom is -0.466 e. The largest absolute Gasteiger partial charge is 0.466 e.